The molecule has 0 saturated heterocycles. The Balaban J connectivity index is 1.77. The zero-order chi connectivity index (χ0) is 13.2. The molecule has 0 radical (unpaired) electrons. The number of aromatic hydroxyl groups is 1. The van der Waals surface area contributed by atoms with E-state index in [-0.39, 0.29) is 18.2 Å². The minimum atomic E-state index is -0.212. The molecule has 2 aliphatic rings. The van der Waals surface area contributed by atoms with Gasteiger partial charge in [0.25, 0.3) is 0 Å². The third-order valence-corrected chi connectivity index (χ3v) is 4.59. The second kappa shape index (κ2) is 5.51. The number of phenols is 1. The van der Waals surface area contributed by atoms with Crippen molar-refractivity contribution in [1.29, 1.82) is 0 Å². The summed E-state index contributed by atoms with van der Waals surface area (Å²) in [5.41, 5.74) is 2.57. The van der Waals surface area contributed by atoms with Crippen molar-refractivity contribution < 1.29 is 10.2 Å². The highest BCUT2D eigenvalue weighted by Gasteiger charge is 2.28. The fourth-order valence-electron chi connectivity index (χ4n) is 3.52. The van der Waals surface area contributed by atoms with Gasteiger partial charge in [0.1, 0.15) is 5.75 Å². The van der Waals surface area contributed by atoms with Crippen LogP contribution in [0.15, 0.2) is 18.2 Å². The van der Waals surface area contributed by atoms with Gasteiger partial charge in [0.05, 0.1) is 6.10 Å². The molecule has 0 aromatic heterocycles. The lowest BCUT2D eigenvalue weighted by Gasteiger charge is -2.35. The number of rotatable bonds is 2. The minimum absolute atomic E-state index is 0.212. The molecule has 1 saturated carbocycles. The molecule has 1 aromatic rings. The van der Waals surface area contributed by atoms with Gasteiger partial charge in [-0.25, -0.2) is 0 Å². The van der Waals surface area contributed by atoms with Gasteiger partial charge in [0.15, 0.2) is 0 Å². The number of phenolic OH excluding ortho intramolecular Hbond substituents is 1. The molecule has 1 unspecified atom stereocenters. The summed E-state index contributed by atoms with van der Waals surface area (Å²) in [6, 6.07) is 6.20. The van der Waals surface area contributed by atoms with E-state index in [1.54, 1.807) is 6.07 Å². The molecule has 104 valence electrons. The van der Waals surface area contributed by atoms with Crippen LogP contribution in [0.1, 0.15) is 55.7 Å². The Morgan fingerprint density at radius 2 is 1.89 bits per heavy atom. The Hall–Kier alpha value is -1.06. The number of hydrogen-bond acceptors (Lipinski definition) is 3. The highest BCUT2D eigenvalue weighted by molar-refractivity contribution is 5.38. The average Bonchev–Trinajstić information content (AvgIpc) is 2.42. The normalized spacial score (nSPS) is 30.9. The molecule has 0 heterocycles. The molecule has 19 heavy (non-hydrogen) atoms. The van der Waals surface area contributed by atoms with Gasteiger partial charge in [-0.3, -0.25) is 0 Å². The lowest BCUT2D eigenvalue weighted by Crippen LogP contribution is -2.44. The van der Waals surface area contributed by atoms with Crippen molar-refractivity contribution in [3.05, 3.63) is 29.3 Å². The first kappa shape index (κ1) is 12.9. The molecule has 0 aliphatic heterocycles. The van der Waals surface area contributed by atoms with Gasteiger partial charge in [-0.05, 0) is 55.4 Å². The number of hydrogen-bond donors (Lipinski definition) is 3. The maximum atomic E-state index is 10.1. The first-order valence-corrected chi connectivity index (χ1v) is 7.50. The summed E-state index contributed by atoms with van der Waals surface area (Å²) in [6.07, 6.45) is 7.48. The largest absolute Gasteiger partial charge is 0.508 e. The van der Waals surface area contributed by atoms with Crippen molar-refractivity contribution >= 4 is 0 Å². The molecule has 3 rings (SSSR count). The van der Waals surface area contributed by atoms with Crippen LogP contribution in [0.4, 0.5) is 0 Å². The zero-order valence-electron chi connectivity index (χ0n) is 11.3. The van der Waals surface area contributed by atoms with Crippen LogP contribution in [0.25, 0.3) is 0 Å². The fourth-order valence-corrected chi connectivity index (χ4v) is 3.52. The average molecular weight is 261 g/mol. The van der Waals surface area contributed by atoms with Gasteiger partial charge in [-0.15, -0.1) is 0 Å². The number of benzene rings is 1. The zero-order valence-corrected chi connectivity index (χ0v) is 11.3. The molecule has 0 spiro atoms. The maximum Gasteiger partial charge on any atom is 0.115 e. The summed E-state index contributed by atoms with van der Waals surface area (Å²) in [7, 11) is 0. The monoisotopic (exact) mass is 261 g/mol. The standard InChI is InChI=1S/C16H23NO2/c18-12-9-8-11-4-3-6-14(13(11)10-12)17-15-5-1-2-7-16(15)19/h8-10,14-19H,1-7H2/t14?,15-,16-/m1/s1. The molecule has 3 N–H and O–H groups in total. The van der Waals surface area contributed by atoms with Crippen molar-refractivity contribution in [2.45, 2.75) is 63.1 Å². The summed E-state index contributed by atoms with van der Waals surface area (Å²) in [6.45, 7) is 0. The molecule has 3 atom stereocenters. The topological polar surface area (TPSA) is 52.5 Å². The second-order valence-corrected chi connectivity index (χ2v) is 5.95. The Morgan fingerprint density at radius 3 is 2.74 bits per heavy atom. The Labute approximate surface area is 114 Å². The SMILES string of the molecule is Oc1ccc2c(c1)C(N[C@@H]1CCCC[C@H]1O)CCC2. The molecule has 1 aromatic carbocycles. The molecule has 3 heteroatoms. The Morgan fingerprint density at radius 1 is 1.05 bits per heavy atom. The number of nitrogens with one attached hydrogen (secondary N) is 1. The summed E-state index contributed by atoms with van der Waals surface area (Å²) in [4.78, 5) is 0. The van der Waals surface area contributed by atoms with E-state index in [9.17, 15) is 10.2 Å². The van der Waals surface area contributed by atoms with Crippen molar-refractivity contribution in [1.82, 2.24) is 5.32 Å². The van der Waals surface area contributed by atoms with E-state index in [1.807, 2.05) is 12.1 Å². The predicted molar refractivity (Wildman–Crippen MR) is 75.2 cm³/mol. The molecular formula is C16H23NO2. The number of aryl methyl sites for hydroxylation is 1. The summed E-state index contributed by atoms with van der Waals surface area (Å²) in [5.74, 6) is 0.344. The second-order valence-electron chi connectivity index (χ2n) is 5.95. The van der Waals surface area contributed by atoms with E-state index in [2.05, 4.69) is 5.32 Å². The number of aliphatic hydroxyl groups is 1. The Kier molecular flexibility index (Phi) is 3.76. The Bertz CT molecular complexity index is 446. The molecule has 2 aliphatic carbocycles. The van der Waals surface area contributed by atoms with E-state index < -0.39 is 0 Å². The maximum absolute atomic E-state index is 10.1. The van der Waals surface area contributed by atoms with E-state index in [4.69, 9.17) is 0 Å². The van der Waals surface area contributed by atoms with Crippen LogP contribution in [0, 0.1) is 0 Å². The van der Waals surface area contributed by atoms with Crippen LogP contribution < -0.4 is 5.32 Å². The lowest BCUT2D eigenvalue weighted by atomic mass is 9.85. The van der Waals surface area contributed by atoms with Crippen LogP contribution in [0.2, 0.25) is 0 Å². The highest BCUT2D eigenvalue weighted by atomic mass is 16.3. The summed E-state index contributed by atoms with van der Waals surface area (Å²) < 4.78 is 0. The summed E-state index contributed by atoms with van der Waals surface area (Å²) >= 11 is 0. The van der Waals surface area contributed by atoms with Crippen LogP contribution in [-0.4, -0.2) is 22.4 Å². The van der Waals surface area contributed by atoms with E-state index in [0.29, 0.717) is 5.75 Å². The molecule has 1 fully saturated rings. The van der Waals surface area contributed by atoms with Gasteiger partial charge in [0, 0.05) is 12.1 Å². The van der Waals surface area contributed by atoms with Crippen LogP contribution >= 0.6 is 0 Å². The van der Waals surface area contributed by atoms with Crippen LogP contribution in [0.5, 0.6) is 5.75 Å². The molecule has 0 bridgehead atoms. The van der Waals surface area contributed by atoms with Crippen LogP contribution in [0.3, 0.4) is 0 Å². The van der Waals surface area contributed by atoms with E-state index >= 15 is 0 Å². The first-order valence-electron chi connectivity index (χ1n) is 7.50. The van der Waals surface area contributed by atoms with Crippen molar-refractivity contribution in [2.75, 3.05) is 0 Å². The van der Waals surface area contributed by atoms with Crippen LogP contribution in [-0.2, 0) is 6.42 Å². The lowest BCUT2D eigenvalue weighted by molar-refractivity contribution is 0.0834. The van der Waals surface area contributed by atoms with E-state index in [1.165, 1.54) is 24.0 Å². The third kappa shape index (κ3) is 2.77. The number of aliphatic hydroxyl groups excluding tert-OH is 1. The molecular weight excluding hydrogens is 238 g/mol. The quantitative estimate of drug-likeness (QED) is 0.767. The molecule has 0 amide bonds. The third-order valence-electron chi connectivity index (χ3n) is 4.59. The minimum Gasteiger partial charge on any atom is -0.508 e. The summed E-state index contributed by atoms with van der Waals surface area (Å²) in [5, 5.41) is 23.4. The van der Waals surface area contributed by atoms with Crippen molar-refractivity contribution in [3.8, 4) is 5.75 Å². The fraction of sp³-hybridized carbons (Fsp3) is 0.625. The van der Waals surface area contributed by atoms with Gasteiger partial charge in [-0.1, -0.05) is 18.9 Å². The van der Waals surface area contributed by atoms with Crippen molar-refractivity contribution in [2.24, 2.45) is 0 Å². The van der Waals surface area contributed by atoms with E-state index in [0.717, 1.165) is 32.1 Å². The smallest absolute Gasteiger partial charge is 0.115 e. The predicted octanol–water partition coefficient (Wildman–Crippen LogP) is 2.66. The van der Waals surface area contributed by atoms with Crippen molar-refractivity contribution in [3.63, 3.8) is 0 Å². The van der Waals surface area contributed by atoms with Gasteiger partial charge in [0.2, 0.25) is 0 Å². The highest BCUT2D eigenvalue weighted by Crippen LogP contribution is 2.33. The van der Waals surface area contributed by atoms with Gasteiger partial charge >= 0.3 is 0 Å². The van der Waals surface area contributed by atoms with Gasteiger partial charge < -0.3 is 15.5 Å². The number of fused-ring (bicyclic) bond motifs is 1. The molecule has 3 nitrogen and oxygen atoms in total. The first-order chi connectivity index (χ1) is 9.24. The van der Waals surface area contributed by atoms with Gasteiger partial charge in [-0.2, -0.15) is 0 Å².